The highest BCUT2D eigenvalue weighted by molar-refractivity contribution is 6.28. The topological polar surface area (TPSA) is 6.48 Å². The Bertz CT molecular complexity index is 5250. The van der Waals surface area contributed by atoms with Gasteiger partial charge in [-0.05, 0) is 170 Å². The zero-order valence-electron chi connectivity index (χ0n) is 47.9. The summed E-state index contributed by atoms with van der Waals surface area (Å²) >= 11 is 0. The van der Waals surface area contributed by atoms with Crippen molar-refractivity contribution in [2.45, 2.75) is 10.8 Å². The molecular weight excluding hydrogens is 1060 g/mol. The van der Waals surface area contributed by atoms with Gasteiger partial charge in [-0.2, -0.15) is 0 Å². The summed E-state index contributed by atoms with van der Waals surface area (Å²) in [7, 11) is 0. The lowest BCUT2D eigenvalue weighted by Crippen LogP contribution is -2.26. The maximum atomic E-state index is 2.59. The van der Waals surface area contributed by atoms with Gasteiger partial charge in [-0.3, -0.25) is 0 Å². The van der Waals surface area contributed by atoms with E-state index in [1.807, 2.05) is 0 Å². The monoisotopic (exact) mass is 1110 g/mol. The molecule has 2 spiro atoms. The normalized spacial score (nSPS) is 13.9. The predicted octanol–water partition coefficient (Wildman–Crippen LogP) is 22.5. The Hall–Kier alpha value is -11.3. The number of anilines is 6. The van der Waals surface area contributed by atoms with Crippen molar-refractivity contribution in [1.29, 1.82) is 0 Å². The molecule has 0 aromatic heterocycles. The number of rotatable bonds is 6. The van der Waals surface area contributed by atoms with Crippen LogP contribution in [0, 0.1) is 0 Å². The molecule has 4 aliphatic rings. The van der Waals surface area contributed by atoms with Crippen molar-refractivity contribution >= 4 is 88.0 Å². The van der Waals surface area contributed by atoms with E-state index in [0.29, 0.717) is 0 Å². The van der Waals surface area contributed by atoms with Crippen molar-refractivity contribution in [1.82, 2.24) is 0 Å². The highest BCUT2D eigenvalue weighted by atomic mass is 15.2. The molecule has 0 heterocycles. The fraction of sp³-hybridized carbons (Fsp3) is 0.0233. The van der Waals surface area contributed by atoms with Gasteiger partial charge in [0, 0.05) is 33.3 Å². The first-order valence-electron chi connectivity index (χ1n) is 30.8. The van der Waals surface area contributed by atoms with Crippen molar-refractivity contribution in [3.8, 4) is 44.5 Å². The molecule has 4 aliphatic carbocycles. The minimum absolute atomic E-state index is 0.492. The number of fused-ring (bicyclic) bond motifs is 22. The predicted molar refractivity (Wildman–Crippen MR) is 367 cm³/mol. The van der Waals surface area contributed by atoms with Gasteiger partial charge >= 0.3 is 0 Å². The molecule has 0 atom stereocenters. The molecule has 0 bridgehead atoms. The van der Waals surface area contributed by atoms with Crippen LogP contribution in [-0.2, 0) is 10.8 Å². The third kappa shape index (κ3) is 6.06. The summed E-state index contributed by atoms with van der Waals surface area (Å²) in [5.41, 5.74) is 26.7. The van der Waals surface area contributed by atoms with E-state index in [1.54, 1.807) is 0 Å². The van der Waals surface area contributed by atoms with E-state index in [4.69, 9.17) is 0 Å². The van der Waals surface area contributed by atoms with Gasteiger partial charge < -0.3 is 9.80 Å². The quantitative estimate of drug-likeness (QED) is 0.153. The van der Waals surface area contributed by atoms with Crippen LogP contribution in [0.5, 0.6) is 0 Å². The van der Waals surface area contributed by atoms with E-state index in [1.165, 1.54) is 143 Å². The lowest BCUT2D eigenvalue weighted by Gasteiger charge is -2.33. The second kappa shape index (κ2) is 17.6. The van der Waals surface area contributed by atoms with Crippen molar-refractivity contribution in [3.63, 3.8) is 0 Å². The first kappa shape index (κ1) is 48.0. The summed E-state index contributed by atoms with van der Waals surface area (Å²) in [6.45, 7) is 0. The van der Waals surface area contributed by atoms with Crippen molar-refractivity contribution < 1.29 is 0 Å². The molecule has 0 saturated heterocycles. The van der Waals surface area contributed by atoms with Crippen LogP contribution >= 0.6 is 0 Å². The molecular formula is C86H52N2. The highest BCUT2D eigenvalue weighted by Gasteiger charge is 2.54. The Morgan fingerprint density at radius 2 is 0.489 bits per heavy atom. The zero-order chi connectivity index (χ0) is 57.4. The second-order valence-electron chi connectivity index (χ2n) is 24.5. The van der Waals surface area contributed by atoms with Crippen molar-refractivity contribution in [3.05, 3.63) is 360 Å². The van der Waals surface area contributed by atoms with Crippen LogP contribution < -0.4 is 9.80 Å². The van der Waals surface area contributed by atoms with E-state index in [9.17, 15) is 0 Å². The van der Waals surface area contributed by atoms with Crippen LogP contribution in [0.2, 0.25) is 0 Å². The van der Waals surface area contributed by atoms with Gasteiger partial charge in [-0.15, -0.1) is 0 Å². The Kier molecular flexibility index (Phi) is 9.62. The maximum absolute atomic E-state index is 2.59. The molecule has 0 unspecified atom stereocenters. The fourth-order valence-corrected chi connectivity index (χ4v) is 17.2. The lowest BCUT2D eigenvalue weighted by molar-refractivity contribution is 0.794. The van der Waals surface area contributed by atoms with Gasteiger partial charge in [0.1, 0.15) is 0 Å². The van der Waals surface area contributed by atoms with E-state index < -0.39 is 10.8 Å². The van der Waals surface area contributed by atoms with Crippen LogP contribution in [-0.4, -0.2) is 0 Å². The summed E-state index contributed by atoms with van der Waals surface area (Å²) in [6.07, 6.45) is 0. The van der Waals surface area contributed by atoms with Gasteiger partial charge in [0.05, 0.1) is 33.6 Å². The van der Waals surface area contributed by atoms with Crippen molar-refractivity contribution in [2.24, 2.45) is 0 Å². The lowest BCUT2D eigenvalue weighted by atomic mass is 9.70. The molecule has 0 radical (unpaired) electrons. The number of nitrogens with zero attached hydrogens (tertiary/aromatic N) is 2. The van der Waals surface area contributed by atoms with Crippen LogP contribution in [0.4, 0.5) is 34.1 Å². The number of hydrogen-bond acceptors (Lipinski definition) is 2. The van der Waals surface area contributed by atoms with E-state index in [0.717, 1.165) is 34.1 Å². The first-order valence-corrected chi connectivity index (χ1v) is 30.8. The highest BCUT2D eigenvalue weighted by Crippen LogP contribution is 2.67. The van der Waals surface area contributed by atoms with Crippen LogP contribution in [0.15, 0.2) is 315 Å². The third-order valence-corrected chi connectivity index (χ3v) is 20.6. The number of hydrogen-bond donors (Lipinski definition) is 0. The maximum Gasteiger partial charge on any atom is 0.0726 e. The van der Waals surface area contributed by atoms with Gasteiger partial charge in [-0.25, -0.2) is 0 Å². The summed E-state index contributed by atoms with van der Waals surface area (Å²) in [5, 5.41) is 12.2. The average molecular weight is 1110 g/mol. The summed E-state index contributed by atoms with van der Waals surface area (Å²) in [5.74, 6) is 0. The van der Waals surface area contributed by atoms with Crippen LogP contribution in [0.1, 0.15) is 44.5 Å². The second-order valence-corrected chi connectivity index (χ2v) is 24.5. The molecule has 0 N–H and O–H groups in total. The number of benzene rings is 16. The van der Waals surface area contributed by atoms with Crippen LogP contribution in [0.25, 0.3) is 98.4 Å². The molecule has 2 heteroatoms. The average Bonchev–Trinajstić information content (AvgIpc) is 1.51. The fourth-order valence-electron chi connectivity index (χ4n) is 17.2. The van der Waals surface area contributed by atoms with E-state index in [2.05, 4.69) is 325 Å². The van der Waals surface area contributed by atoms with Crippen molar-refractivity contribution in [2.75, 3.05) is 9.80 Å². The third-order valence-electron chi connectivity index (χ3n) is 20.6. The minimum atomic E-state index is -0.492. The Balaban J connectivity index is 0.850. The first-order chi connectivity index (χ1) is 43.7. The Labute approximate surface area is 510 Å². The van der Waals surface area contributed by atoms with Crippen LogP contribution in [0.3, 0.4) is 0 Å². The molecule has 2 nitrogen and oxygen atoms in total. The van der Waals surface area contributed by atoms with E-state index in [-0.39, 0.29) is 0 Å². The molecule has 0 saturated carbocycles. The standard InChI is InChI=1S/C86H52N2/c1-3-21-57-51-59(45-39-53(57)19-1)87(79-37-17-35-75-83(79)65-27-9-15-33-73(65)85(75)69-29-11-5-23-61(69)62-24-6-12-30-70(62)85)77-49-43-55-42-48-68-78(50-44-56-41-47-67(77)81(55)82(56)68)88(60-46-40-54-20-2-4-22-58(54)52-60)80-38-18-36-76-84(80)66-28-10-16-34-74(66)86(76)71-31-13-7-25-63(71)64-26-8-14-32-72(64)86/h1-52H. The zero-order valence-corrected chi connectivity index (χ0v) is 47.9. The summed E-state index contributed by atoms with van der Waals surface area (Å²) in [4.78, 5) is 5.17. The van der Waals surface area contributed by atoms with Gasteiger partial charge in [0.25, 0.3) is 0 Å². The molecule has 16 aromatic carbocycles. The smallest absolute Gasteiger partial charge is 0.0726 e. The van der Waals surface area contributed by atoms with E-state index >= 15 is 0 Å². The Morgan fingerprint density at radius 3 is 0.875 bits per heavy atom. The van der Waals surface area contributed by atoms with Gasteiger partial charge in [0.15, 0.2) is 0 Å². The molecule has 88 heavy (non-hydrogen) atoms. The Morgan fingerprint density at radius 1 is 0.193 bits per heavy atom. The molecule has 16 aromatic rings. The summed E-state index contributed by atoms with van der Waals surface area (Å²) in [6, 6.07) is 120. The molecule has 0 aliphatic heterocycles. The molecule has 0 fully saturated rings. The van der Waals surface area contributed by atoms with Gasteiger partial charge in [0.2, 0.25) is 0 Å². The molecule has 20 rings (SSSR count). The largest absolute Gasteiger partial charge is 0.309 e. The SMILES string of the molecule is c1ccc2c(c1)-c1ccccc1C21c2ccccc2-c2c(N(c3ccc4ccccc4c3)c3ccc4ccc5c(N(c6ccc7ccccc7c6)c6cccc7c6-c6ccccc6C76c7ccccc7-c7ccccc76)ccc6ccc3c4c65)cccc21. The minimum Gasteiger partial charge on any atom is -0.309 e. The van der Waals surface area contributed by atoms with Gasteiger partial charge in [-0.1, -0.05) is 267 Å². The molecule has 0 amide bonds. The summed E-state index contributed by atoms with van der Waals surface area (Å²) < 4.78 is 0. The molecule has 406 valence electrons.